The van der Waals surface area contributed by atoms with E-state index in [9.17, 15) is 10.2 Å². The van der Waals surface area contributed by atoms with E-state index in [4.69, 9.17) is 4.74 Å². The van der Waals surface area contributed by atoms with E-state index in [1.54, 1.807) is 37.5 Å². The van der Waals surface area contributed by atoms with Gasteiger partial charge in [-0.25, -0.2) is 0 Å². The lowest BCUT2D eigenvalue weighted by molar-refractivity contribution is 0.410. The highest BCUT2D eigenvalue weighted by Crippen LogP contribution is 2.31. The summed E-state index contributed by atoms with van der Waals surface area (Å²) >= 11 is 0. The molecule has 0 amide bonds. The number of hydrogen-bond donors (Lipinski definition) is 2. The van der Waals surface area contributed by atoms with Gasteiger partial charge in [0.2, 0.25) is 0 Å². The minimum atomic E-state index is -0.0649. The van der Waals surface area contributed by atoms with Crippen molar-refractivity contribution < 1.29 is 14.9 Å². The number of benzene rings is 2. The molecule has 2 N–H and O–H groups in total. The van der Waals surface area contributed by atoms with Gasteiger partial charge in [0.15, 0.2) is 0 Å². The first kappa shape index (κ1) is 16.7. The zero-order valence-corrected chi connectivity index (χ0v) is 13.3. The van der Waals surface area contributed by atoms with Crippen molar-refractivity contribution in [2.45, 2.75) is 18.8 Å². The van der Waals surface area contributed by atoms with E-state index in [-0.39, 0.29) is 17.4 Å². The first-order valence-electron chi connectivity index (χ1n) is 7.58. The molecule has 0 saturated heterocycles. The average Bonchev–Trinajstić information content (AvgIpc) is 2.57. The number of aryl methyl sites for hydroxylation is 1. The Bertz CT molecular complexity index is 672. The van der Waals surface area contributed by atoms with Crippen molar-refractivity contribution in [3.05, 3.63) is 78.4 Å². The van der Waals surface area contributed by atoms with E-state index in [1.165, 1.54) is 5.56 Å². The van der Waals surface area contributed by atoms with Crippen LogP contribution in [0.1, 0.15) is 23.5 Å². The Morgan fingerprint density at radius 2 is 1.87 bits per heavy atom. The number of aromatic hydroxyl groups is 2. The van der Waals surface area contributed by atoms with Gasteiger partial charge in [-0.05, 0) is 48.7 Å². The van der Waals surface area contributed by atoms with Crippen LogP contribution in [0.5, 0.6) is 17.2 Å². The summed E-state index contributed by atoms with van der Waals surface area (Å²) in [5.74, 6) is 1.16. The Morgan fingerprint density at radius 1 is 1.13 bits per heavy atom. The Morgan fingerprint density at radius 3 is 2.52 bits per heavy atom. The normalized spacial score (nSPS) is 12.2. The van der Waals surface area contributed by atoms with Crippen molar-refractivity contribution in [1.29, 1.82) is 0 Å². The smallest absolute Gasteiger partial charge is 0.119 e. The third kappa shape index (κ3) is 4.65. The average molecular weight is 310 g/mol. The lowest BCUT2D eigenvalue weighted by atomic mass is 9.96. The van der Waals surface area contributed by atoms with Gasteiger partial charge in [0, 0.05) is 11.5 Å². The number of methoxy groups -OCH3 is 1. The highest BCUT2D eigenvalue weighted by atomic mass is 16.5. The number of rotatable bonds is 7. The van der Waals surface area contributed by atoms with Crippen LogP contribution < -0.4 is 4.74 Å². The van der Waals surface area contributed by atoms with Crippen molar-refractivity contribution in [3.8, 4) is 17.2 Å². The monoisotopic (exact) mass is 310 g/mol. The molecule has 0 bridgehead atoms. The molecule has 0 fully saturated rings. The lowest BCUT2D eigenvalue weighted by Crippen LogP contribution is -1.94. The quantitative estimate of drug-likeness (QED) is 0.737. The summed E-state index contributed by atoms with van der Waals surface area (Å²) in [6.45, 7) is 3.85. The SMILES string of the molecule is C=C[C@H](C=CCCc1ccc(O)cc1)c1cc(OC)ccc1O. The molecule has 0 spiro atoms. The molecule has 0 saturated carbocycles. The molecule has 0 radical (unpaired) electrons. The summed E-state index contributed by atoms with van der Waals surface area (Å²) in [5.41, 5.74) is 1.95. The molecule has 120 valence electrons. The summed E-state index contributed by atoms with van der Waals surface area (Å²) in [7, 11) is 1.60. The zero-order chi connectivity index (χ0) is 16.7. The van der Waals surface area contributed by atoms with Gasteiger partial charge in [-0.1, -0.05) is 30.4 Å². The predicted molar refractivity (Wildman–Crippen MR) is 93.2 cm³/mol. The van der Waals surface area contributed by atoms with Crippen molar-refractivity contribution in [1.82, 2.24) is 0 Å². The minimum Gasteiger partial charge on any atom is -0.508 e. The van der Waals surface area contributed by atoms with Gasteiger partial charge in [-0.15, -0.1) is 6.58 Å². The van der Waals surface area contributed by atoms with Crippen LogP contribution in [0, 0.1) is 0 Å². The van der Waals surface area contributed by atoms with Crippen LogP contribution >= 0.6 is 0 Å². The third-order valence-corrected chi connectivity index (χ3v) is 3.73. The Balaban J connectivity index is 2.01. The fraction of sp³-hybridized carbons (Fsp3) is 0.200. The molecule has 0 heterocycles. The second-order valence-corrected chi connectivity index (χ2v) is 5.32. The maximum Gasteiger partial charge on any atom is 0.119 e. The number of allylic oxidation sites excluding steroid dienone is 3. The van der Waals surface area contributed by atoms with Crippen LogP contribution in [0.2, 0.25) is 0 Å². The Hall–Kier alpha value is -2.68. The van der Waals surface area contributed by atoms with Crippen LogP contribution in [0.3, 0.4) is 0 Å². The van der Waals surface area contributed by atoms with E-state index < -0.39 is 0 Å². The maximum absolute atomic E-state index is 10.0. The number of phenolic OH excluding ortho intramolecular Hbond substituents is 2. The minimum absolute atomic E-state index is 0.0649. The second-order valence-electron chi connectivity index (χ2n) is 5.32. The van der Waals surface area contributed by atoms with Crippen LogP contribution in [0.25, 0.3) is 0 Å². The fourth-order valence-corrected chi connectivity index (χ4v) is 2.39. The van der Waals surface area contributed by atoms with Crippen LogP contribution in [-0.4, -0.2) is 17.3 Å². The molecule has 1 atom stereocenters. The van der Waals surface area contributed by atoms with Crippen LogP contribution in [0.15, 0.2) is 67.3 Å². The van der Waals surface area contributed by atoms with E-state index in [0.717, 1.165) is 18.4 Å². The van der Waals surface area contributed by atoms with E-state index in [0.29, 0.717) is 5.75 Å². The van der Waals surface area contributed by atoms with Gasteiger partial charge < -0.3 is 14.9 Å². The van der Waals surface area contributed by atoms with Gasteiger partial charge in [0.05, 0.1) is 7.11 Å². The summed E-state index contributed by atoms with van der Waals surface area (Å²) in [5, 5.41) is 19.3. The van der Waals surface area contributed by atoms with E-state index >= 15 is 0 Å². The van der Waals surface area contributed by atoms with Gasteiger partial charge in [-0.2, -0.15) is 0 Å². The molecule has 2 aromatic rings. The standard InChI is InChI=1S/C20H22O3/c1-3-16(19-14-18(23-2)12-13-20(19)22)7-5-4-6-15-8-10-17(21)11-9-15/h3,5,7-14,16,21-22H,1,4,6H2,2H3/t16-/m1/s1. The Labute approximate surface area is 137 Å². The molecule has 2 rings (SSSR count). The molecule has 23 heavy (non-hydrogen) atoms. The van der Waals surface area contributed by atoms with Gasteiger partial charge in [0.1, 0.15) is 17.2 Å². The molecule has 0 aliphatic carbocycles. The molecule has 0 unspecified atom stereocenters. The van der Waals surface area contributed by atoms with Gasteiger partial charge in [-0.3, -0.25) is 0 Å². The molecular weight excluding hydrogens is 288 g/mol. The predicted octanol–water partition coefficient (Wildman–Crippen LogP) is 4.57. The topological polar surface area (TPSA) is 49.7 Å². The molecule has 0 aliphatic heterocycles. The summed E-state index contributed by atoms with van der Waals surface area (Å²) in [4.78, 5) is 0. The molecule has 3 heteroatoms. The number of phenols is 2. The molecule has 0 aliphatic rings. The van der Waals surface area contributed by atoms with Crippen molar-refractivity contribution in [3.63, 3.8) is 0 Å². The molecule has 2 aromatic carbocycles. The van der Waals surface area contributed by atoms with Crippen LogP contribution in [-0.2, 0) is 6.42 Å². The van der Waals surface area contributed by atoms with Crippen LogP contribution in [0.4, 0.5) is 0 Å². The fourth-order valence-electron chi connectivity index (χ4n) is 2.39. The highest BCUT2D eigenvalue weighted by Gasteiger charge is 2.10. The van der Waals surface area contributed by atoms with Crippen molar-refractivity contribution in [2.75, 3.05) is 7.11 Å². The summed E-state index contributed by atoms with van der Waals surface area (Å²) in [6.07, 6.45) is 7.68. The Kier molecular flexibility index (Phi) is 5.87. The molecule has 0 aromatic heterocycles. The van der Waals surface area contributed by atoms with E-state index in [2.05, 4.69) is 12.7 Å². The summed E-state index contributed by atoms with van der Waals surface area (Å²) < 4.78 is 5.21. The highest BCUT2D eigenvalue weighted by molar-refractivity contribution is 5.44. The molecule has 3 nitrogen and oxygen atoms in total. The maximum atomic E-state index is 10.0. The number of hydrogen-bond acceptors (Lipinski definition) is 3. The zero-order valence-electron chi connectivity index (χ0n) is 13.3. The van der Waals surface area contributed by atoms with Gasteiger partial charge in [0.25, 0.3) is 0 Å². The van der Waals surface area contributed by atoms with Crippen molar-refractivity contribution in [2.24, 2.45) is 0 Å². The second kappa shape index (κ2) is 8.08. The summed E-state index contributed by atoms with van der Waals surface area (Å²) in [6, 6.07) is 12.4. The van der Waals surface area contributed by atoms with Crippen molar-refractivity contribution >= 4 is 0 Å². The molecular formula is C20H22O3. The largest absolute Gasteiger partial charge is 0.508 e. The van der Waals surface area contributed by atoms with Gasteiger partial charge >= 0.3 is 0 Å². The lowest BCUT2D eigenvalue weighted by Gasteiger charge is -2.12. The first-order valence-corrected chi connectivity index (χ1v) is 7.58. The van der Waals surface area contributed by atoms with E-state index in [1.807, 2.05) is 24.3 Å². The first-order chi connectivity index (χ1) is 11.1. The third-order valence-electron chi connectivity index (χ3n) is 3.73. The number of ether oxygens (including phenoxy) is 1.